The number of ketones is 3. The smallest absolute Gasteiger partial charge is 0.313 e. The Labute approximate surface area is 151 Å². The molecule has 0 atom stereocenters. The molecule has 0 heterocycles. The van der Waals surface area contributed by atoms with Gasteiger partial charge in [0.2, 0.25) is 0 Å². The SMILES string of the molecule is CC(=O)CC(=O)OCC(C)(COC(=O)CC(C)=O)COC(=O)CC(C)=O. The van der Waals surface area contributed by atoms with Gasteiger partial charge in [0.1, 0.15) is 56.4 Å². The van der Waals surface area contributed by atoms with Gasteiger partial charge >= 0.3 is 17.9 Å². The second kappa shape index (κ2) is 11.1. The van der Waals surface area contributed by atoms with E-state index in [9.17, 15) is 28.8 Å². The quantitative estimate of drug-likeness (QED) is 0.274. The number of carbonyl (C=O) groups is 6. The first kappa shape index (κ1) is 23.4. The molecule has 0 rings (SSSR count). The van der Waals surface area contributed by atoms with E-state index in [1.165, 1.54) is 27.7 Å². The summed E-state index contributed by atoms with van der Waals surface area (Å²) in [5.41, 5.74) is -1.11. The summed E-state index contributed by atoms with van der Waals surface area (Å²) >= 11 is 0. The highest BCUT2D eigenvalue weighted by molar-refractivity contribution is 5.95. The molecule has 0 aromatic carbocycles. The van der Waals surface area contributed by atoms with Gasteiger partial charge in [-0.15, -0.1) is 0 Å². The van der Waals surface area contributed by atoms with Crippen LogP contribution in [0.2, 0.25) is 0 Å². The van der Waals surface area contributed by atoms with Crippen LogP contribution in [-0.4, -0.2) is 55.1 Å². The Morgan fingerprint density at radius 1 is 0.577 bits per heavy atom. The average molecular weight is 372 g/mol. The molecule has 0 bridgehead atoms. The van der Waals surface area contributed by atoms with E-state index in [1.807, 2.05) is 0 Å². The average Bonchev–Trinajstić information content (AvgIpc) is 2.47. The second-order valence-electron chi connectivity index (χ2n) is 6.43. The molecule has 0 fully saturated rings. The van der Waals surface area contributed by atoms with Crippen LogP contribution in [0, 0.1) is 5.41 Å². The number of ether oxygens (including phenoxy) is 3. The lowest BCUT2D eigenvalue weighted by Gasteiger charge is -2.28. The molecule has 0 radical (unpaired) electrons. The third kappa shape index (κ3) is 11.9. The van der Waals surface area contributed by atoms with Gasteiger partial charge in [-0.3, -0.25) is 28.8 Å². The van der Waals surface area contributed by atoms with Crippen molar-refractivity contribution in [2.24, 2.45) is 5.41 Å². The third-order valence-electron chi connectivity index (χ3n) is 2.92. The maximum Gasteiger partial charge on any atom is 0.313 e. The van der Waals surface area contributed by atoms with E-state index in [4.69, 9.17) is 14.2 Å². The minimum absolute atomic E-state index is 0.292. The number of esters is 3. The Bertz CT molecular complexity index is 498. The summed E-state index contributed by atoms with van der Waals surface area (Å²) in [5.74, 6) is -3.44. The fraction of sp³-hybridized carbons (Fsp3) is 0.647. The molecule has 0 aliphatic carbocycles. The summed E-state index contributed by atoms with van der Waals surface area (Å²) in [5, 5.41) is 0. The van der Waals surface area contributed by atoms with Crippen molar-refractivity contribution in [3.63, 3.8) is 0 Å². The predicted molar refractivity (Wildman–Crippen MR) is 86.9 cm³/mol. The molecular formula is C17H24O9. The van der Waals surface area contributed by atoms with Crippen LogP contribution in [0.4, 0.5) is 0 Å². The molecule has 146 valence electrons. The van der Waals surface area contributed by atoms with E-state index in [0.29, 0.717) is 0 Å². The lowest BCUT2D eigenvalue weighted by Crippen LogP contribution is -2.37. The van der Waals surface area contributed by atoms with E-state index < -0.39 is 42.6 Å². The van der Waals surface area contributed by atoms with E-state index in [-0.39, 0.29) is 37.2 Å². The van der Waals surface area contributed by atoms with Gasteiger partial charge in [0.05, 0.1) is 5.41 Å². The Kier molecular flexibility index (Phi) is 10.0. The van der Waals surface area contributed by atoms with Crippen molar-refractivity contribution in [3.05, 3.63) is 0 Å². The van der Waals surface area contributed by atoms with Crippen LogP contribution in [0.1, 0.15) is 47.0 Å². The Morgan fingerprint density at radius 2 is 0.808 bits per heavy atom. The van der Waals surface area contributed by atoms with Crippen LogP contribution >= 0.6 is 0 Å². The number of rotatable bonds is 12. The van der Waals surface area contributed by atoms with Crippen LogP contribution in [-0.2, 0) is 43.0 Å². The number of hydrogen-bond acceptors (Lipinski definition) is 9. The number of hydrogen-bond donors (Lipinski definition) is 0. The monoisotopic (exact) mass is 372 g/mol. The minimum atomic E-state index is -1.11. The Hall–Kier alpha value is -2.58. The van der Waals surface area contributed by atoms with Crippen molar-refractivity contribution in [2.75, 3.05) is 19.8 Å². The molecule has 0 spiro atoms. The first-order chi connectivity index (χ1) is 11.9. The van der Waals surface area contributed by atoms with Crippen molar-refractivity contribution >= 4 is 35.3 Å². The second-order valence-corrected chi connectivity index (χ2v) is 6.43. The Balaban J connectivity index is 4.82. The predicted octanol–water partition coefficient (Wildman–Crippen LogP) is 0.560. The molecular weight excluding hydrogens is 348 g/mol. The lowest BCUT2D eigenvalue weighted by atomic mass is 9.94. The molecule has 0 aromatic rings. The van der Waals surface area contributed by atoms with Crippen LogP contribution in [0.5, 0.6) is 0 Å². The standard InChI is InChI=1S/C17H24O9/c1-11(18)5-14(21)24-8-17(4,9-25-15(22)6-12(2)19)10-26-16(23)7-13(3)20/h5-10H2,1-4H3. The Morgan fingerprint density at radius 3 is 1.00 bits per heavy atom. The summed E-state index contributed by atoms with van der Waals surface area (Å²) in [4.78, 5) is 67.3. The van der Waals surface area contributed by atoms with Crippen molar-refractivity contribution in [3.8, 4) is 0 Å². The topological polar surface area (TPSA) is 130 Å². The van der Waals surface area contributed by atoms with Gasteiger partial charge in [0.25, 0.3) is 0 Å². The first-order valence-electron chi connectivity index (χ1n) is 7.89. The fourth-order valence-electron chi connectivity index (χ4n) is 1.65. The fourth-order valence-corrected chi connectivity index (χ4v) is 1.65. The molecule has 0 aliphatic rings. The molecule has 0 saturated carbocycles. The summed E-state index contributed by atoms with van der Waals surface area (Å²) in [6.45, 7) is 4.34. The first-order valence-corrected chi connectivity index (χ1v) is 7.89. The van der Waals surface area contributed by atoms with Crippen LogP contribution < -0.4 is 0 Å². The van der Waals surface area contributed by atoms with Crippen molar-refractivity contribution in [2.45, 2.75) is 47.0 Å². The normalized spacial score (nSPS) is 10.6. The molecule has 0 saturated heterocycles. The van der Waals surface area contributed by atoms with Gasteiger partial charge < -0.3 is 14.2 Å². The highest BCUT2D eigenvalue weighted by Crippen LogP contribution is 2.19. The van der Waals surface area contributed by atoms with Crippen LogP contribution in [0.25, 0.3) is 0 Å². The van der Waals surface area contributed by atoms with Gasteiger partial charge in [-0.25, -0.2) is 0 Å². The van der Waals surface area contributed by atoms with Gasteiger partial charge in [0.15, 0.2) is 0 Å². The minimum Gasteiger partial charge on any atom is -0.464 e. The molecule has 0 unspecified atom stereocenters. The molecule has 0 amide bonds. The maximum absolute atomic E-state index is 11.5. The number of Topliss-reactive ketones (excluding diaryl/α,β-unsaturated/α-hetero) is 3. The lowest BCUT2D eigenvalue weighted by molar-refractivity contribution is -0.160. The summed E-state index contributed by atoms with van der Waals surface area (Å²) < 4.78 is 14.9. The van der Waals surface area contributed by atoms with Crippen LogP contribution in [0.15, 0.2) is 0 Å². The van der Waals surface area contributed by atoms with E-state index >= 15 is 0 Å². The van der Waals surface area contributed by atoms with Gasteiger partial charge in [0, 0.05) is 0 Å². The largest absolute Gasteiger partial charge is 0.464 e. The van der Waals surface area contributed by atoms with E-state index in [0.717, 1.165) is 0 Å². The van der Waals surface area contributed by atoms with Gasteiger partial charge in [-0.05, 0) is 27.7 Å². The summed E-state index contributed by atoms with van der Waals surface area (Å²) in [6, 6.07) is 0. The molecule has 26 heavy (non-hydrogen) atoms. The summed E-state index contributed by atoms with van der Waals surface area (Å²) in [7, 11) is 0. The van der Waals surface area contributed by atoms with E-state index in [2.05, 4.69) is 0 Å². The zero-order valence-electron chi connectivity index (χ0n) is 15.4. The molecule has 0 N–H and O–H groups in total. The zero-order valence-corrected chi connectivity index (χ0v) is 15.4. The van der Waals surface area contributed by atoms with Crippen molar-refractivity contribution in [1.82, 2.24) is 0 Å². The molecule has 9 nitrogen and oxygen atoms in total. The molecule has 9 heteroatoms. The van der Waals surface area contributed by atoms with Crippen molar-refractivity contribution < 1.29 is 43.0 Å². The number of carbonyl (C=O) groups excluding carboxylic acids is 6. The summed E-state index contributed by atoms with van der Waals surface area (Å²) in [6.07, 6.45) is -1.24. The third-order valence-corrected chi connectivity index (χ3v) is 2.92. The van der Waals surface area contributed by atoms with Crippen LogP contribution in [0.3, 0.4) is 0 Å². The van der Waals surface area contributed by atoms with E-state index in [1.54, 1.807) is 0 Å². The van der Waals surface area contributed by atoms with Gasteiger partial charge in [-0.1, -0.05) is 0 Å². The van der Waals surface area contributed by atoms with Gasteiger partial charge in [-0.2, -0.15) is 0 Å². The highest BCUT2D eigenvalue weighted by atomic mass is 16.6. The zero-order chi connectivity index (χ0) is 20.3. The molecule has 0 aromatic heterocycles. The molecule has 0 aliphatic heterocycles. The highest BCUT2D eigenvalue weighted by Gasteiger charge is 2.31. The maximum atomic E-state index is 11.5. The van der Waals surface area contributed by atoms with Crippen molar-refractivity contribution in [1.29, 1.82) is 0 Å².